The van der Waals surface area contributed by atoms with E-state index < -0.39 is 11.8 Å². The molecule has 0 saturated heterocycles. The standard InChI is InChI=1S/C7H15N3O2S/c8-6(11)7(12)10-3-1-2-9-4-5-13/h9,13H,1-5H2,(H2,8,11)(H,10,12). The molecule has 0 aromatic rings. The Labute approximate surface area is 82.8 Å². The van der Waals surface area contributed by atoms with Crippen molar-refractivity contribution in [1.82, 2.24) is 10.6 Å². The molecule has 76 valence electrons. The monoisotopic (exact) mass is 205 g/mol. The predicted molar refractivity (Wildman–Crippen MR) is 53.5 cm³/mol. The van der Waals surface area contributed by atoms with E-state index in [1.165, 1.54) is 0 Å². The van der Waals surface area contributed by atoms with Gasteiger partial charge in [0.1, 0.15) is 0 Å². The number of rotatable bonds is 6. The minimum atomic E-state index is -0.941. The van der Waals surface area contributed by atoms with Gasteiger partial charge in [-0.15, -0.1) is 0 Å². The van der Waals surface area contributed by atoms with Crippen LogP contribution in [0, 0.1) is 0 Å². The van der Waals surface area contributed by atoms with Crippen LogP contribution >= 0.6 is 12.6 Å². The van der Waals surface area contributed by atoms with Crippen molar-refractivity contribution < 1.29 is 9.59 Å². The van der Waals surface area contributed by atoms with Crippen LogP contribution in [-0.2, 0) is 9.59 Å². The lowest BCUT2D eigenvalue weighted by molar-refractivity contribution is -0.137. The SMILES string of the molecule is NC(=O)C(=O)NCCCNCCS. The van der Waals surface area contributed by atoms with Crippen LogP contribution in [0.5, 0.6) is 0 Å². The summed E-state index contributed by atoms with van der Waals surface area (Å²) in [5.74, 6) is -0.884. The minimum absolute atomic E-state index is 0.460. The van der Waals surface area contributed by atoms with E-state index in [4.69, 9.17) is 5.73 Å². The Kier molecular flexibility index (Phi) is 7.42. The highest BCUT2D eigenvalue weighted by Crippen LogP contribution is 1.75. The Hall–Kier alpha value is -0.750. The van der Waals surface area contributed by atoms with Gasteiger partial charge in [-0.25, -0.2) is 0 Å². The van der Waals surface area contributed by atoms with Gasteiger partial charge in [0.25, 0.3) is 0 Å². The normalized spacial score (nSPS) is 9.62. The van der Waals surface area contributed by atoms with Gasteiger partial charge < -0.3 is 16.4 Å². The van der Waals surface area contributed by atoms with Gasteiger partial charge in [-0.2, -0.15) is 12.6 Å². The van der Waals surface area contributed by atoms with Gasteiger partial charge in [0.2, 0.25) is 0 Å². The molecule has 0 aliphatic rings. The van der Waals surface area contributed by atoms with Crippen LogP contribution in [0.3, 0.4) is 0 Å². The van der Waals surface area contributed by atoms with E-state index in [1.54, 1.807) is 0 Å². The van der Waals surface area contributed by atoms with Crippen molar-refractivity contribution >= 4 is 24.4 Å². The van der Waals surface area contributed by atoms with Crippen LogP contribution in [0.25, 0.3) is 0 Å². The predicted octanol–water partition coefficient (Wildman–Crippen LogP) is -1.50. The van der Waals surface area contributed by atoms with Gasteiger partial charge in [0, 0.05) is 18.8 Å². The molecule has 0 radical (unpaired) electrons. The first-order chi connectivity index (χ1) is 6.18. The fourth-order valence-electron chi connectivity index (χ4n) is 0.706. The Bertz CT molecular complexity index is 175. The molecule has 0 aliphatic carbocycles. The lowest BCUT2D eigenvalue weighted by atomic mass is 10.4. The van der Waals surface area contributed by atoms with Gasteiger partial charge in [0.05, 0.1) is 0 Å². The van der Waals surface area contributed by atoms with Crippen molar-refractivity contribution in [3.63, 3.8) is 0 Å². The molecular formula is C7H15N3O2S. The maximum atomic E-state index is 10.6. The maximum absolute atomic E-state index is 10.6. The summed E-state index contributed by atoms with van der Waals surface area (Å²) in [6.07, 6.45) is 0.771. The molecule has 0 spiro atoms. The van der Waals surface area contributed by atoms with Crippen molar-refractivity contribution in [2.24, 2.45) is 5.73 Å². The summed E-state index contributed by atoms with van der Waals surface area (Å²) < 4.78 is 0. The van der Waals surface area contributed by atoms with E-state index >= 15 is 0 Å². The number of amides is 2. The zero-order valence-corrected chi connectivity index (χ0v) is 8.27. The summed E-state index contributed by atoms with van der Waals surface area (Å²) in [5.41, 5.74) is 4.72. The summed E-state index contributed by atoms with van der Waals surface area (Å²) >= 11 is 4.01. The summed E-state index contributed by atoms with van der Waals surface area (Å²) in [7, 11) is 0. The summed E-state index contributed by atoms with van der Waals surface area (Å²) in [4.78, 5) is 20.9. The molecule has 4 N–H and O–H groups in total. The molecule has 2 amide bonds. The Balaban J connectivity index is 3.16. The van der Waals surface area contributed by atoms with Crippen molar-refractivity contribution in [3.8, 4) is 0 Å². The first-order valence-corrected chi connectivity index (χ1v) is 4.71. The molecule has 5 nitrogen and oxygen atoms in total. The van der Waals surface area contributed by atoms with Gasteiger partial charge in [-0.3, -0.25) is 9.59 Å². The molecule has 0 aliphatic heterocycles. The quantitative estimate of drug-likeness (QED) is 0.242. The van der Waals surface area contributed by atoms with Crippen LogP contribution in [0.2, 0.25) is 0 Å². The van der Waals surface area contributed by atoms with E-state index in [9.17, 15) is 9.59 Å². The third-order valence-electron chi connectivity index (χ3n) is 1.33. The fourth-order valence-corrected chi connectivity index (χ4v) is 0.865. The number of primary amides is 1. The lowest BCUT2D eigenvalue weighted by Crippen LogP contribution is -2.37. The Morgan fingerprint density at radius 3 is 2.46 bits per heavy atom. The molecule has 0 aromatic carbocycles. The minimum Gasteiger partial charge on any atom is -0.361 e. The zero-order valence-electron chi connectivity index (χ0n) is 7.38. The molecule has 0 bridgehead atoms. The van der Waals surface area contributed by atoms with E-state index in [1.807, 2.05) is 0 Å². The van der Waals surface area contributed by atoms with Crippen molar-refractivity contribution in [3.05, 3.63) is 0 Å². The molecule has 0 saturated carbocycles. The molecule has 0 atom stereocenters. The summed E-state index contributed by atoms with van der Waals surface area (Å²) in [6, 6.07) is 0. The average Bonchev–Trinajstić information content (AvgIpc) is 2.10. The van der Waals surface area contributed by atoms with Gasteiger partial charge >= 0.3 is 11.8 Å². The van der Waals surface area contributed by atoms with Crippen LogP contribution in [0.1, 0.15) is 6.42 Å². The third-order valence-corrected chi connectivity index (χ3v) is 1.55. The van der Waals surface area contributed by atoms with Crippen LogP contribution in [0.15, 0.2) is 0 Å². The van der Waals surface area contributed by atoms with Gasteiger partial charge in [-0.05, 0) is 13.0 Å². The molecule has 0 rings (SSSR count). The second-order valence-corrected chi connectivity index (χ2v) is 2.89. The number of thiol groups is 1. The fraction of sp³-hybridized carbons (Fsp3) is 0.714. The number of nitrogens with one attached hydrogen (secondary N) is 2. The van der Waals surface area contributed by atoms with E-state index in [0.29, 0.717) is 6.54 Å². The van der Waals surface area contributed by atoms with Crippen LogP contribution in [-0.4, -0.2) is 37.2 Å². The highest BCUT2D eigenvalue weighted by atomic mass is 32.1. The van der Waals surface area contributed by atoms with Crippen LogP contribution < -0.4 is 16.4 Å². The van der Waals surface area contributed by atoms with Crippen molar-refractivity contribution in [1.29, 1.82) is 0 Å². The zero-order chi connectivity index (χ0) is 10.1. The second kappa shape index (κ2) is 7.88. The summed E-state index contributed by atoms with van der Waals surface area (Å²) in [5, 5.41) is 5.48. The lowest BCUT2D eigenvalue weighted by Gasteiger charge is -2.03. The Morgan fingerprint density at radius 2 is 1.92 bits per heavy atom. The maximum Gasteiger partial charge on any atom is 0.309 e. The van der Waals surface area contributed by atoms with Gasteiger partial charge in [0.15, 0.2) is 0 Å². The van der Waals surface area contributed by atoms with Gasteiger partial charge in [-0.1, -0.05) is 0 Å². The van der Waals surface area contributed by atoms with Crippen molar-refractivity contribution in [2.45, 2.75) is 6.42 Å². The molecule has 0 aromatic heterocycles. The van der Waals surface area contributed by atoms with E-state index in [0.717, 1.165) is 25.3 Å². The van der Waals surface area contributed by atoms with E-state index in [-0.39, 0.29) is 0 Å². The number of carbonyl (C=O) groups is 2. The molecule has 6 heteroatoms. The largest absolute Gasteiger partial charge is 0.361 e. The first-order valence-electron chi connectivity index (χ1n) is 4.07. The van der Waals surface area contributed by atoms with Crippen molar-refractivity contribution in [2.75, 3.05) is 25.4 Å². The molecule has 13 heavy (non-hydrogen) atoms. The molecular weight excluding hydrogens is 190 g/mol. The highest BCUT2D eigenvalue weighted by molar-refractivity contribution is 7.80. The number of nitrogens with two attached hydrogens (primary N) is 1. The summed E-state index contributed by atoms with van der Waals surface area (Å²) in [6.45, 7) is 2.09. The smallest absolute Gasteiger partial charge is 0.309 e. The van der Waals surface area contributed by atoms with Crippen LogP contribution in [0.4, 0.5) is 0 Å². The Morgan fingerprint density at radius 1 is 1.23 bits per heavy atom. The topological polar surface area (TPSA) is 84.2 Å². The van der Waals surface area contributed by atoms with E-state index in [2.05, 4.69) is 23.3 Å². The number of hydrogen-bond donors (Lipinski definition) is 4. The molecule has 0 unspecified atom stereocenters. The molecule has 0 heterocycles. The number of hydrogen-bond acceptors (Lipinski definition) is 4. The number of carbonyl (C=O) groups excluding carboxylic acids is 2. The molecule has 0 fully saturated rings. The average molecular weight is 205 g/mol. The highest BCUT2D eigenvalue weighted by Gasteiger charge is 2.05. The third kappa shape index (κ3) is 7.61. The second-order valence-electron chi connectivity index (χ2n) is 2.45. The first kappa shape index (κ1) is 12.2.